The molecule has 0 unspecified atom stereocenters. The molecule has 0 saturated carbocycles. The average molecular weight is 931 g/mol. The van der Waals surface area contributed by atoms with Crippen molar-refractivity contribution >= 4 is 41.0 Å². The summed E-state index contributed by atoms with van der Waals surface area (Å²) in [6.45, 7) is 5.53. The Labute approximate surface area is 398 Å². The lowest BCUT2D eigenvalue weighted by Gasteiger charge is -2.45. The fraction of sp³-hybridized carbons (Fsp3) is 0.236. The number of amides is 3. The highest BCUT2D eigenvalue weighted by Crippen LogP contribution is 2.54. The van der Waals surface area contributed by atoms with Crippen LogP contribution in [0.25, 0.3) is 21.6 Å². The molecule has 3 N–H and O–H groups in total. The number of aromatic nitrogens is 1. The van der Waals surface area contributed by atoms with E-state index in [2.05, 4.69) is 64.1 Å². The van der Waals surface area contributed by atoms with Crippen molar-refractivity contribution in [3.63, 3.8) is 0 Å². The molecule has 340 valence electrons. The summed E-state index contributed by atoms with van der Waals surface area (Å²) in [6, 6.07) is 48.8. The van der Waals surface area contributed by atoms with Crippen LogP contribution in [0.15, 0.2) is 163 Å². The number of hydrogen-bond acceptors (Lipinski definition) is 8. The minimum Gasteiger partial charge on any atom is -0.449 e. The highest BCUT2D eigenvalue weighted by Gasteiger charge is 2.51. The van der Waals surface area contributed by atoms with Crippen LogP contribution in [-0.4, -0.2) is 69.0 Å². The molecule has 0 bridgehead atoms. The van der Waals surface area contributed by atoms with Crippen molar-refractivity contribution < 1.29 is 28.6 Å². The number of nitrogens with one attached hydrogen (secondary N) is 2. The average Bonchev–Trinajstić information content (AvgIpc) is 4.06. The van der Waals surface area contributed by atoms with Gasteiger partial charge in [0, 0.05) is 35.7 Å². The Kier molecular flexibility index (Phi) is 13.1. The second kappa shape index (κ2) is 19.3. The zero-order valence-corrected chi connectivity index (χ0v) is 39.0. The molecule has 3 atom stereocenters. The fourth-order valence-electron chi connectivity index (χ4n) is 9.63. The summed E-state index contributed by atoms with van der Waals surface area (Å²) in [7, 11) is 0. The van der Waals surface area contributed by atoms with E-state index in [1.54, 1.807) is 17.6 Å². The molecule has 2 aliphatic rings. The number of aliphatic hydroxyl groups is 1. The first-order valence-electron chi connectivity index (χ1n) is 22.4. The number of likely N-dealkylation sites (tertiary alicyclic amines) is 1. The number of carbonyl (C=O) groups is 3. The predicted octanol–water partition coefficient (Wildman–Crippen LogP) is 10.2. The van der Waals surface area contributed by atoms with Gasteiger partial charge in [0.2, 0.25) is 11.8 Å². The van der Waals surface area contributed by atoms with E-state index in [1.165, 1.54) is 34.1 Å². The van der Waals surface area contributed by atoms with Crippen molar-refractivity contribution in [2.75, 3.05) is 13.2 Å². The van der Waals surface area contributed by atoms with E-state index in [4.69, 9.17) is 4.74 Å². The molecule has 3 amide bonds. The Bertz CT molecular complexity index is 2750. The zero-order chi connectivity index (χ0) is 46.7. The van der Waals surface area contributed by atoms with Gasteiger partial charge in [-0.25, -0.2) is 14.2 Å². The molecule has 1 aliphatic carbocycles. The second-order valence-electron chi connectivity index (χ2n) is 17.6. The molecule has 12 heteroatoms. The van der Waals surface area contributed by atoms with Gasteiger partial charge in [-0.2, -0.15) is 0 Å². The maximum absolute atomic E-state index is 15.5. The predicted molar refractivity (Wildman–Crippen MR) is 263 cm³/mol. The lowest BCUT2D eigenvalue weighted by molar-refractivity contribution is -0.140. The lowest BCUT2D eigenvalue weighted by Crippen LogP contribution is -2.60. The topological polar surface area (TPSA) is 121 Å². The Morgan fingerprint density at radius 3 is 1.90 bits per heavy atom. The van der Waals surface area contributed by atoms with Crippen LogP contribution in [0.1, 0.15) is 65.3 Å². The van der Waals surface area contributed by atoms with E-state index >= 15 is 9.18 Å². The molecule has 1 aromatic heterocycles. The van der Waals surface area contributed by atoms with Gasteiger partial charge in [0.1, 0.15) is 24.5 Å². The van der Waals surface area contributed by atoms with Crippen LogP contribution in [0.5, 0.6) is 0 Å². The Balaban J connectivity index is 1.04. The smallest absolute Gasteiger partial charge is 0.407 e. The molecule has 0 radical (unpaired) electrons. The van der Waals surface area contributed by atoms with Crippen LogP contribution >= 0.6 is 23.1 Å². The summed E-state index contributed by atoms with van der Waals surface area (Å²) in [5, 5.41) is 17.1. The molecular formula is C55H51FN4O5S2. The second-order valence-corrected chi connectivity index (χ2v) is 20.3. The number of thioether (sulfide) groups is 1. The number of β-amino-alcohol motifs (C(OH)–C–C–N with tert-alkyl or cyclic N) is 1. The number of carbonyl (C=O) groups excluding carboxylic acids is 3. The van der Waals surface area contributed by atoms with Crippen molar-refractivity contribution in [1.82, 2.24) is 20.5 Å². The molecular weight excluding hydrogens is 880 g/mol. The van der Waals surface area contributed by atoms with Gasteiger partial charge in [0.25, 0.3) is 0 Å². The maximum Gasteiger partial charge on any atom is 0.407 e. The number of halogens is 1. The van der Waals surface area contributed by atoms with Gasteiger partial charge >= 0.3 is 6.09 Å². The van der Waals surface area contributed by atoms with Gasteiger partial charge in [-0.3, -0.25) is 9.59 Å². The number of aliphatic hydroxyl groups excluding tert-OH is 1. The molecule has 6 aromatic carbocycles. The maximum atomic E-state index is 15.5. The summed E-state index contributed by atoms with van der Waals surface area (Å²) in [5.74, 6) is -1.72. The van der Waals surface area contributed by atoms with Gasteiger partial charge in [-0.05, 0) is 71.3 Å². The molecule has 9 rings (SSSR count). The van der Waals surface area contributed by atoms with Crippen LogP contribution in [0, 0.1) is 12.7 Å². The van der Waals surface area contributed by atoms with Crippen LogP contribution < -0.4 is 10.6 Å². The Morgan fingerprint density at radius 1 is 0.806 bits per heavy atom. The van der Waals surface area contributed by atoms with Gasteiger partial charge in [-0.15, -0.1) is 23.1 Å². The number of aryl methyl sites for hydroxylation is 1. The monoisotopic (exact) mass is 930 g/mol. The summed E-state index contributed by atoms with van der Waals surface area (Å²) >= 11 is 2.87. The van der Waals surface area contributed by atoms with Gasteiger partial charge < -0.3 is 25.4 Å². The molecule has 2 heterocycles. The first-order chi connectivity index (χ1) is 32.4. The highest BCUT2D eigenvalue weighted by atomic mass is 32.2. The van der Waals surface area contributed by atoms with Crippen molar-refractivity contribution in [1.29, 1.82) is 0 Å². The summed E-state index contributed by atoms with van der Waals surface area (Å²) in [6.07, 6.45) is -1.83. The van der Waals surface area contributed by atoms with Crippen molar-refractivity contribution in [3.8, 4) is 21.6 Å². The lowest BCUT2D eigenvalue weighted by atomic mass is 9.84. The van der Waals surface area contributed by atoms with Gasteiger partial charge in [0.15, 0.2) is 0 Å². The number of nitrogens with zero attached hydrogens (tertiary/aromatic N) is 2. The molecule has 9 nitrogen and oxygen atoms in total. The van der Waals surface area contributed by atoms with Gasteiger partial charge in [0.05, 0.1) is 26.9 Å². The van der Waals surface area contributed by atoms with E-state index in [0.717, 1.165) is 49.5 Å². The fourth-order valence-corrected chi connectivity index (χ4v) is 12.3. The SMILES string of the molecule is Cc1ncsc1-c1ccc(CNC(=O)[C@@H]2C[C@@H](O)CN2C(=O)[C@@H](NC(=O)OCC2c3ccccc3-c3ccccc32)C(C)(C)SC(c2ccccc2)(c2ccccc2)c2ccccc2)cc1F. The molecule has 1 fully saturated rings. The quantitative estimate of drug-likeness (QED) is 0.0929. The standard InChI is InChI=1S/C55H51FN4O5S2/c1-35-49(66-34-58-35)45-28-27-36(29-47(45)56)31-57-51(62)48-30-40(61)32-60(48)52(63)50(59-53(64)65-33-46-43-25-15-13-23-41(43)42-24-14-16-26-44(42)46)54(2,3)67-55(37-17-7-4-8-18-37,38-19-9-5-10-20-38)39-21-11-6-12-22-39/h4-29,34,40,46,48,50,61H,30-33H2,1-3H3,(H,57,62)(H,59,64)/t40-,48+,50-/m1/s1. The first-order valence-corrected chi connectivity index (χ1v) is 24.1. The number of fused-ring (bicyclic) bond motifs is 3. The third-order valence-corrected chi connectivity index (χ3v) is 15.6. The molecule has 1 saturated heterocycles. The molecule has 7 aromatic rings. The van der Waals surface area contributed by atoms with Crippen LogP contribution in [0.2, 0.25) is 0 Å². The largest absolute Gasteiger partial charge is 0.449 e. The van der Waals surface area contributed by atoms with E-state index in [1.807, 2.05) is 112 Å². The van der Waals surface area contributed by atoms with E-state index in [-0.39, 0.29) is 32.0 Å². The highest BCUT2D eigenvalue weighted by molar-refractivity contribution is 8.02. The Morgan fingerprint density at radius 2 is 1.36 bits per heavy atom. The molecule has 0 spiro atoms. The number of ether oxygens (including phenoxy) is 1. The summed E-state index contributed by atoms with van der Waals surface area (Å²) in [5.41, 5.74) is 10.5. The molecule has 1 aliphatic heterocycles. The molecule has 67 heavy (non-hydrogen) atoms. The van der Waals surface area contributed by atoms with Crippen molar-refractivity contribution in [2.24, 2.45) is 0 Å². The van der Waals surface area contributed by atoms with Crippen LogP contribution in [0.3, 0.4) is 0 Å². The number of benzene rings is 6. The number of hydrogen-bond donors (Lipinski definition) is 3. The third kappa shape index (κ3) is 9.13. The minimum absolute atomic E-state index is 0.0111. The van der Waals surface area contributed by atoms with Crippen LogP contribution in [0.4, 0.5) is 9.18 Å². The number of alkyl carbamates (subject to hydrolysis) is 1. The van der Waals surface area contributed by atoms with E-state index in [9.17, 15) is 14.7 Å². The third-order valence-electron chi connectivity index (χ3n) is 12.9. The Hall–Kier alpha value is -6.60. The van der Waals surface area contributed by atoms with Crippen molar-refractivity contribution in [2.45, 2.75) is 67.3 Å². The normalized spacial score (nSPS) is 16.2. The number of thiazole rings is 1. The van der Waals surface area contributed by atoms with E-state index in [0.29, 0.717) is 11.1 Å². The summed E-state index contributed by atoms with van der Waals surface area (Å²) < 4.78 is 19.5. The van der Waals surface area contributed by atoms with Crippen molar-refractivity contribution in [3.05, 3.63) is 208 Å². The zero-order valence-electron chi connectivity index (χ0n) is 37.4. The van der Waals surface area contributed by atoms with E-state index < -0.39 is 51.4 Å². The van der Waals surface area contributed by atoms with Gasteiger partial charge in [-0.1, -0.05) is 152 Å². The van der Waals surface area contributed by atoms with Crippen LogP contribution in [-0.2, 0) is 25.6 Å². The summed E-state index contributed by atoms with van der Waals surface area (Å²) in [4.78, 5) is 50.3. The minimum atomic E-state index is -1.28. The number of rotatable bonds is 14. The first kappa shape index (κ1) is 45.6.